The van der Waals surface area contributed by atoms with Crippen LogP contribution in [0.2, 0.25) is 0 Å². The largest absolute Gasteiger partial charge is 0.339 e. The van der Waals surface area contributed by atoms with Gasteiger partial charge >= 0.3 is 0 Å². The van der Waals surface area contributed by atoms with Gasteiger partial charge in [0.1, 0.15) is 6.33 Å². The van der Waals surface area contributed by atoms with Crippen LogP contribution in [0.25, 0.3) is 0 Å². The molecule has 3 heterocycles. The number of nitrogens with zero attached hydrogens (tertiary/aromatic N) is 5. The van der Waals surface area contributed by atoms with Gasteiger partial charge in [-0.05, 0) is 18.9 Å². The predicted molar refractivity (Wildman–Crippen MR) is 76.0 cm³/mol. The number of hydrogen-bond donors (Lipinski definition) is 0. The third kappa shape index (κ3) is 2.81. The van der Waals surface area contributed by atoms with Gasteiger partial charge in [0.05, 0.1) is 6.33 Å². The molecule has 1 atom stereocenters. The summed E-state index contributed by atoms with van der Waals surface area (Å²) < 4.78 is 28.3. The molecule has 0 aromatic carbocycles. The van der Waals surface area contributed by atoms with E-state index >= 15 is 0 Å². The van der Waals surface area contributed by atoms with Crippen molar-refractivity contribution in [3.63, 3.8) is 0 Å². The minimum atomic E-state index is -3.52. The smallest absolute Gasteiger partial charge is 0.262 e. The summed E-state index contributed by atoms with van der Waals surface area (Å²) in [5.74, 6) is 0.111. The first kappa shape index (κ1) is 14.2. The highest BCUT2D eigenvalue weighted by atomic mass is 32.2. The number of sulfonamides is 1. The number of aromatic nitrogens is 4. The van der Waals surface area contributed by atoms with Crippen molar-refractivity contribution >= 4 is 10.0 Å². The first-order valence-corrected chi connectivity index (χ1v) is 8.25. The topological polar surface area (TPSA) is 81.0 Å². The third-order valence-electron chi connectivity index (χ3n) is 3.69. The fourth-order valence-corrected chi connectivity index (χ4v) is 4.09. The molecule has 0 N–H and O–H groups in total. The van der Waals surface area contributed by atoms with Crippen molar-refractivity contribution < 1.29 is 8.42 Å². The summed E-state index contributed by atoms with van der Waals surface area (Å²) in [6.07, 6.45) is 7.98. The van der Waals surface area contributed by atoms with E-state index in [9.17, 15) is 8.42 Å². The van der Waals surface area contributed by atoms with Gasteiger partial charge < -0.3 is 4.57 Å². The van der Waals surface area contributed by atoms with Gasteiger partial charge in [0.25, 0.3) is 10.0 Å². The number of piperidine rings is 1. The molecule has 0 saturated carbocycles. The summed E-state index contributed by atoms with van der Waals surface area (Å²) in [5, 5.41) is 0.105. The minimum Gasteiger partial charge on any atom is -0.339 e. The van der Waals surface area contributed by atoms with E-state index in [2.05, 4.69) is 15.0 Å². The van der Waals surface area contributed by atoms with Gasteiger partial charge in [-0.1, -0.05) is 0 Å². The van der Waals surface area contributed by atoms with Crippen LogP contribution in [-0.4, -0.2) is 45.3 Å². The van der Waals surface area contributed by atoms with Crippen LogP contribution >= 0.6 is 0 Å². The Labute approximate surface area is 123 Å². The van der Waals surface area contributed by atoms with Gasteiger partial charge in [-0.2, -0.15) is 4.31 Å². The lowest BCUT2D eigenvalue weighted by atomic mass is 9.96. The second-order valence-corrected chi connectivity index (χ2v) is 7.10. The molecule has 112 valence electrons. The second-order valence-electron chi connectivity index (χ2n) is 5.21. The maximum atomic E-state index is 12.6. The summed E-state index contributed by atoms with van der Waals surface area (Å²) in [4.78, 5) is 12.1. The molecule has 1 fully saturated rings. The summed E-state index contributed by atoms with van der Waals surface area (Å²) >= 11 is 0. The molecular weight excluding hydrogens is 290 g/mol. The number of imidazole rings is 1. The highest BCUT2D eigenvalue weighted by molar-refractivity contribution is 7.89. The molecule has 21 heavy (non-hydrogen) atoms. The Hall–Kier alpha value is -1.80. The van der Waals surface area contributed by atoms with Crippen molar-refractivity contribution in [3.8, 4) is 0 Å². The maximum Gasteiger partial charge on any atom is 0.262 e. The lowest BCUT2D eigenvalue weighted by Crippen LogP contribution is -2.39. The highest BCUT2D eigenvalue weighted by Gasteiger charge is 2.32. The average molecular weight is 307 g/mol. The molecule has 0 unspecified atom stereocenters. The van der Waals surface area contributed by atoms with E-state index < -0.39 is 10.0 Å². The Bertz CT molecular complexity index is 713. The van der Waals surface area contributed by atoms with Gasteiger partial charge in [-0.3, -0.25) is 0 Å². The zero-order valence-corrected chi connectivity index (χ0v) is 12.6. The second kappa shape index (κ2) is 5.53. The van der Waals surface area contributed by atoms with Crippen LogP contribution in [0.3, 0.4) is 0 Å². The van der Waals surface area contributed by atoms with E-state index in [0.29, 0.717) is 13.1 Å². The van der Waals surface area contributed by atoms with Crippen molar-refractivity contribution in [2.75, 3.05) is 13.1 Å². The predicted octanol–water partition coefficient (Wildman–Crippen LogP) is 0.778. The van der Waals surface area contributed by atoms with Crippen molar-refractivity contribution in [1.82, 2.24) is 23.8 Å². The van der Waals surface area contributed by atoms with Crippen LogP contribution in [-0.2, 0) is 17.1 Å². The first-order valence-electron chi connectivity index (χ1n) is 6.81. The van der Waals surface area contributed by atoms with E-state index in [0.717, 1.165) is 18.5 Å². The van der Waals surface area contributed by atoms with E-state index in [1.807, 2.05) is 6.07 Å². The third-order valence-corrected chi connectivity index (χ3v) is 5.44. The molecular formula is C13H17N5O2S. The molecule has 1 aliphatic rings. The molecule has 0 aliphatic carbocycles. The Balaban J connectivity index is 1.83. The normalized spacial score (nSPS) is 20.5. The molecule has 0 amide bonds. The fourth-order valence-electron chi connectivity index (χ4n) is 2.60. The number of aryl methyl sites for hydroxylation is 1. The van der Waals surface area contributed by atoms with Crippen LogP contribution in [0, 0.1) is 0 Å². The van der Waals surface area contributed by atoms with E-state index in [1.54, 1.807) is 17.8 Å². The summed E-state index contributed by atoms with van der Waals surface area (Å²) in [6, 6.07) is 1.85. The van der Waals surface area contributed by atoms with Gasteiger partial charge in [-0.15, -0.1) is 0 Å². The molecule has 0 spiro atoms. The van der Waals surface area contributed by atoms with Crippen LogP contribution in [0.15, 0.2) is 36.1 Å². The number of rotatable bonds is 3. The van der Waals surface area contributed by atoms with Crippen molar-refractivity contribution in [2.24, 2.45) is 7.05 Å². The molecule has 3 rings (SSSR count). The Morgan fingerprint density at radius 1 is 1.33 bits per heavy atom. The molecule has 0 bridgehead atoms. The Morgan fingerprint density at radius 3 is 2.86 bits per heavy atom. The Kier molecular flexibility index (Phi) is 3.73. The summed E-state index contributed by atoms with van der Waals surface area (Å²) in [5.41, 5.74) is 0.894. The van der Waals surface area contributed by atoms with Crippen LogP contribution in [0.1, 0.15) is 24.5 Å². The van der Waals surface area contributed by atoms with Crippen LogP contribution in [0.4, 0.5) is 0 Å². The molecule has 1 aliphatic heterocycles. The van der Waals surface area contributed by atoms with Crippen molar-refractivity contribution in [3.05, 3.63) is 36.8 Å². The maximum absolute atomic E-state index is 12.6. The SMILES string of the molecule is Cn1cnc(S(=O)(=O)N2CCC[C@H](c3ccncn3)C2)c1. The standard InChI is InChI=1S/C13H17N5O2S/c1-17-8-13(16-10-17)21(19,20)18-6-2-3-11(7-18)12-4-5-14-9-15-12/h4-5,8-11H,2-3,6-7H2,1H3/t11-/m0/s1. The quantitative estimate of drug-likeness (QED) is 0.837. The van der Waals surface area contributed by atoms with E-state index in [4.69, 9.17) is 0 Å². The van der Waals surface area contributed by atoms with E-state index in [-0.39, 0.29) is 10.9 Å². The van der Waals surface area contributed by atoms with Gasteiger partial charge in [0.15, 0.2) is 5.03 Å². The summed E-state index contributed by atoms with van der Waals surface area (Å²) in [6.45, 7) is 0.969. The minimum absolute atomic E-state index is 0.105. The van der Waals surface area contributed by atoms with Gasteiger partial charge in [-0.25, -0.2) is 23.4 Å². The molecule has 8 heteroatoms. The van der Waals surface area contributed by atoms with Crippen molar-refractivity contribution in [1.29, 1.82) is 0 Å². The molecule has 1 saturated heterocycles. The first-order chi connectivity index (χ1) is 10.1. The van der Waals surface area contributed by atoms with Crippen molar-refractivity contribution in [2.45, 2.75) is 23.8 Å². The molecule has 7 nitrogen and oxygen atoms in total. The number of hydrogen-bond acceptors (Lipinski definition) is 5. The fraction of sp³-hybridized carbons (Fsp3) is 0.462. The Morgan fingerprint density at radius 2 is 2.19 bits per heavy atom. The van der Waals surface area contributed by atoms with Crippen LogP contribution < -0.4 is 0 Å². The van der Waals surface area contributed by atoms with Gasteiger partial charge in [0.2, 0.25) is 0 Å². The summed E-state index contributed by atoms with van der Waals surface area (Å²) in [7, 11) is -1.77. The monoisotopic (exact) mass is 307 g/mol. The van der Waals surface area contributed by atoms with E-state index in [1.165, 1.54) is 23.2 Å². The molecule has 2 aromatic heterocycles. The van der Waals surface area contributed by atoms with Gasteiger partial charge in [0, 0.05) is 44.1 Å². The zero-order valence-electron chi connectivity index (χ0n) is 11.8. The lowest BCUT2D eigenvalue weighted by Gasteiger charge is -2.30. The lowest BCUT2D eigenvalue weighted by molar-refractivity contribution is 0.311. The van der Waals surface area contributed by atoms with Crippen LogP contribution in [0.5, 0.6) is 0 Å². The molecule has 2 aromatic rings. The average Bonchev–Trinajstić information content (AvgIpc) is 2.96. The highest BCUT2D eigenvalue weighted by Crippen LogP contribution is 2.28. The zero-order chi connectivity index (χ0) is 14.9. The molecule has 0 radical (unpaired) electrons.